The molecule has 1 aliphatic heterocycles. The van der Waals surface area contributed by atoms with Gasteiger partial charge in [0.1, 0.15) is 17.1 Å². The molecular weight excluding hydrogens is 305 g/mol. The maximum absolute atomic E-state index is 12.8. The molecule has 22 heavy (non-hydrogen) atoms. The number of nitrogens with zero attached hydrogens (tertiary/aromatic N) is 2. The van der Waals surface area contributed by atoms with Gasteiger partial charge in [-0.25, -0.2) is 9.78 Å². The molecule has 1 fully saturated rings. The lowest BCUT2D eigenvalue weighted by molar-refractivity contribution is -0.141. The van der Waals surface area contributed by atoms with Gasteiger partial charge >= 0.3 is 12.1 Å². The van der Waals surface area contributed by atoms with Gasteiger partial charge in [0.15, 0.2) is 0 Å². The molecule has 2 atom stereocenters. The molecule has 2 heterocycles. The summed E-state index contributed by atoms with van der Waals surface area (Å²) in [6.45, 7) is -0.155. The van der Waals surface area contributed by atoms with Crippen LogP contribution in [-0.2, 0) is 6.18 Å². The minimum Gasteiger partial charge on any atom is -0.478 e. The Bertz CT molecular complexity index is 565. The maximum atomic E-state index is 12.8. The van der Waals surface area contributed by atoms with E-state index in [-0.39, 0.29) is 37.5 Å². The topological polar surface area (TPSA) is 93.9 Å². The number of carbonyl (C=O) groups is 1. The Balaban J connectivity index is 2.41. The van der Waals surface area contributed by atoms with Crippen molar-refractivity contribution in [3.63, 3.8) is 0 Å². The van der Waals surface area contributed by atoms with E-state index in [0.29, 0.717) is 6.07 Å². The quantitative estimate of drug-likeness (QED) is 0.769. The van der Waals surface area contributed by atoms with Crippen molar-refractivity contribution in [1.29, 1.82) is 0 Å². The monoisotopic (exact) mass is 320 g/mol. The van der Waals surface area contributed by atoms with Crippen molar-refractivity contribution in [3.8, 4) is 0 Å². The number of hydrogen-bond donors (Lipinski definition) is 3. The van der Waals surface area contributed by atoms with Crippen molar-refractivity contribution in [1.82, 2.24) is 4.98 Å². The molecule has 0 spiro atoms. The van der Waals surface area contributed by atoms with Crippen molar-refractivity contribution in [3.05, 3.63) is 23.4 Å². The number of piperidine rings is 1. The van der Waals surface area contributed by atoms with Crippen molar-refractivity contribution in [2.75, 3.05) is 24.6 Å². The molecule has 3 N–H and O–H groups in total. The number of rotatable bonds is 3. The Morgan fingerprint density at radius 2 is 2.09 bits per heavy atom. The third-order valence-electron chi connectivity index (χ3n) is 3.62. The van der Waals surface area contributed by atoms with E-state index in [1.807, 2.05) is 0 Å². The molecule has 0 aromatic carbocycles. The summed E-state index contributed by atoms with van der Waals surface area (Å²) >= 11 is 0. The SMILES string of the molecule is O=C(O)c1ccc(C(F)(F)F)nc1N1CCC(O)C(CO)C1. The van der Waals surface area contributed by atoms with Crippen LogP contribution >= 0.6 is 0 Å². The van der Waals surface area contributed by atoms with Crippen molar-refractivity contribution < 1.29 is 33.3 Å². The molecule has 0 bridgehead atoms. The van der Waals surface area contributed by atoms with E-state index in [9.17, 15) is 28.2 Å². The van der Waals surface area contributed by atoms with Crippen LogP contribution in [0.25, 0.3) is 0 Å². The summed E-state index contributed by atoms with van der Waals surface area (Å²) in [5.74, 6) is -2.25. The Morgan fingerprint density at radius 3 is 2.64 bits per heavy atom. The fourth-order valence-electron chi connectivity index (χ4n) is 2.41. The number of hydrogen-bond acceptors (Lipinski definition) is 5. The minimum atomic E-state index is -4.68. The van der Waals surface area contributed by atoms with Crippen molar-refractivity contribution in [2.24, 2.45) is 5.92 Å². The third kappa shape index (κ3) is 3.30. The van der Waals surface area contributed by atoms with Crippen LogP contribution in [0.15, 0.2) is 12.1 Å². The number of anilines is 1. The molecule has 1 aromatic rings. The number of pyridine rings is 1. The van der Waals surface area contributed by atoms with E-state index in [2.05, 4.69) is 4.98 Å². The molecule has 1 aromatic heterocycles. The standard InChI is InChI=1S/C13H15F3N2O4/c14-13(15,16)10-2-1-8(12(21)22)11(17-10)18-4-3-9(20)7(5-18)6-19/h1-2,7,9,19-20H,3-6H2,(H,21,22). The highest BCUT2D eigenvalue weighted by Crippen LogP contribution is 2.32. The number of aliphatic hydroxyl groups excluding tert-OH is 2. The summed E-state index contributed by atoms with van der Waals surface area (Å²) in [5, 5.41) is 28.0. The smallest absolute Gasteiger partial charge is 0.433 e. The molecule has 6 nitrogen and oxygen atoms in total. The highest BCUT2D eigenvalue weighted by molar-refractivity contribution is 5.93. The third-order valence-corrected chi connectivity index (χ3v) is 3.62. The van der Waals surface area contributed by atoms with Gasteiger partial charge in [0.05, 0.1) is 12.7 Å². The lowest BCUT2D eigenvalue weighted by atomic mass is 9.95. The van der Waals surface area contributed by atoms with Crippen LogP contribution in [0.5, 0.6) is 0 Å². The Labute approximate surface area is 123 Å². The summed E-state index contributed by atoms with van der Waals surface area (Å²) in [6.07, 6.45) is -5.25. The van der Waals surface area contributed by atoms with Crippen LogP contribution in [0.1, 0.15) is 22.5 Å². The first-order valence-corrected chi connectivity index (χ1v) is 6.59. The number of aromatic carboxylic acids is 1. The fourth-order valence-corrected chi connectivity index (χ4v) is 2.41. The molecule has 0 radical (unpaired) electrons. The number of aromatic nitrogens is 1. The fraction of sp³-hybridized carbons (Fsp3) is 0.538. The van der Waals surface area contributed by atoms with E-state index < -0.39 is 29.9 Å². The van der Waals surface area contributed by atoms with E-state index in [1.165, 1.54) is 4.90 Å². The Morgan fingerprint density at radius 1 is 1.41 bits per heavy atom. The number of aliphatic hydroxyl groups is 2. The van der Waals surface area contributed by atoms with Crippen LogP contribution < -0.4 is 4.90 Å². The van der Waals surface area contributed by atoms with Crippen LogP contribution in [0.4, 0.5) is 19.0 Å². The largest absolute Gasteiger partial charge is 0.478 e. The molecule has 0 aliphatic carbocycles. The second-order valence-electron chi connectivity index (χ2n) is 5.12. The van der Waals surface area contributed by atoms with E-state index in [4.69, 9.17) is 5.11 Å². The molecule has 2 rings (SSSR count). The number of carboxylic acid groups (broad SMARTS) is 1. The molecule has 1 saturated heterocycles. The Kier molecular flexibility index (Phi) is 4.57. The molecule has 0 saturated carbocycles. The van der Waals surface area contributed by atoms with E-state index >= 15 is 0 Å². The van der Waals surface area contributed by atoms with Crippen LogP contribution in [-0.4, -0.2) is 52.1 Å². The first-order chi connectivity index (χ1) is 10.2. The van der Waals surface area contributed by atoms with Crippen molar-refractivity contribution in [2.45, 2.75) is 18.7 Å². The van der Waals surface area contributed by atoms with E-state index in [0.717, 1.165) is 6.07 Å². The summed E-state index contributed by atoms with van der Waals surface area (Å²) in [6, 6.07) is 1.49. The van der Waals surface area contributed by atoms with Crippen molar-refractivity contribution >= 4 is 11.8 Å². The van der Waals surface area contributed by atoms with Gasteiger partial charge in [-0.2, -0.15) is 13.2 Å². The summed E-state index contributed by atoms with van der Waals surface area (Å²) < 4.78 is 38.3. The van der Waals surface area contributed by atoms with Gasteiger partial charge in [-0.05, 0) is 18.6 Å². The minimum absolute atomic E-state index is 0.0340. The Hall–Kier alpha value is -1.87. The van der Waals surface area contributed by atoms with Gasteiger partial charge in [-0.15, -0.1) is 0 Å². The second kappa shape index (κ2) is 6.09. The second-order valence-corrected chi connectivity index (χ2v) is 5.12. The average Bonchev–Trinajstić information content (AvgIpc) is 2.46. The zero-order chi connectivity index (χ0) is 16.5. The predicted molar refractivity (Wildman–Crippen MR) is 69.6 cm³/mol. The predicted octanol–water partition coefficient (Wildman–Crippen LogP) is 0.978. The van der Waals surface area contributed by atoms with Gasteiger partial charge in [0.25, 0.3) is 0 Å². The van der Waals surface area contributed by atoms with Crippen LogP contribution in [0, 0.1) is 5.92 Å². The van der Waals surface area contributed by atoms with Gasteiger partial charge in [0.2, 0.25) is 0 Å². The summed E-state index contributed by atoms with van der Waals surface area (Å²) in [4.78, 5) is 16.0. The number of halogens is 3. The zero-order valence-corrected chi connectivity index (χ0v) is 11.4. The first kappa shape index (κ1) is 16.5. The van der Waals surface area contributed by atoms with Gasteiger partial charge in [-0.3, -0.25) is 0 Å². The van der Waals surface area contributed by atoms with E-state index in [1.54, 1.807) is 0 Å². The number of alkyl halides is 3. The molecular formula is C13H15F3N2O4. The van der Waals surface area contributed by atoms with Crippen LogP contribution in [0.2, 0.25) is 0 Å². The molecule has 2 unspecified atom stereocenters. The molecule has 122 valence electrons. The first-order valence-electron chi connectivity index (χ1n) is 6.59. The van der Waals surface area contributed by atoms with Gasteiger partial charge < -0.3 is 20.2 Å². The summed E-state index contributed by atoms with van der Waals surface area (Å²) in [7, 11) is 0. The zero-order valence-electron chi connectivity index (χ0n) is 11.4. The molecule has 0 amide bonds. The highest BCUT2D eigenvalue weighted by atomic mass is 19.4. The molecule has 1 aliphatic rings. The molecule has 9 heteroatoms. The lowest BCUT2D eigenvalue weighted by Gasteiger charge is -2.36. The highest BCUT2D eigenvalue weighted by Gasteiger charge is 2.36. The normalized spacial score (nSPS) is 22.7. The van der Waals surface area contributed by atoms with Gasteiger partial charge in [-0.1, -0.05) is 0 Å². The summed E-state index contributed by atoms with van der Waals surface area (Å²) in [5.41, 5.74) is -1.53. The number of carboxylic acids is 1. The lowest BCUT2D eigenvalue weighted by Crippen LogP contribution is -2.45. The average molecular weight is 320 g/mol. The van der Waals surface area contributed by atoms with Crippen LogP contribution in [0.3, 0.4) is 0 Å². The maximum Gasteiger partial charge on any atom is 0.433 e. The van der Waals surface area contributed by atoms with Gasteiger partial charge in [0, 0.05) is 19.0 Å².